The maximum absolute atomic E-state index is 13.4. The van der Waals surface area contributed by atoms with E-state index in [1.165, 1.54) is 43.5 Å². The van der Waals surface area contributed by atoms with Gasteiger partial charge in [-0.15, -0.1) is 6.58 Å². The van der Waals surface area contributed by atoms with Crippen LogP contribution in [0.15, 0.2) is 78.2 Å². The lowest BCUT2D eigenvalue weighted by Gasteiger charge is -2.16. The lowest BCUT2D eigenvalue weighted by molar-refractivity contribution is -0.127. The molecular formula is C29H24F2N2O5S. The number of nitrogens with one attached hydrogen (secondary N) is 1. The monoisotopic (exact) mass is 550 g/mol. The van der Waals surface area contributed by atoms with Crippen molar-refractivity contribution in [3.63, 3.8) is 0 Å². The SMILES string of the molecule is C=CCc1cc(/C=C2/SC(=O)N(CC(=O)Nc3cccc(F)c3)C2=O)cc(OC)c1OCc1ccc(F)cc1. The van der Waals surface area contributed by atoms with Crippen LogP contribution in [-0.2, 0) is 22.6 Å². The third-order valence-corrected chi connectivity index (χ3v) is 6.52. The molecular weight excluding hydrogens is 526 g/mol. The Hall–Kier alpha value is -4.44. The van der Waals surface area contributed by atoms with Gasteiger partial charge in [0, 0.05) is 11.3 Å². The number of methoxy groups -OCH3 is 1. The maximum Gasteiger partial charge on any atom is 0.294 e. The predicted molar refractivity (Wildman–Crippen MR) is 145 cm³/mol. The molecule has 1 aliphatic heterocycles. The van der Waals surface area contributed by atoms with Gasteiger partial charge in [-0.05, 0) is 77.9 Å². The molecule has 3 amide bonds. The lowest BCUT2D eigenvalue weighted by Crippen LogP contribution is -2.36. The van der Waals surface area contributed by atoms with Gasteiger partial charge in [-0.25, -0.2) is 8.78 Å². The van der Waals surface area contributed by atoms with Crippen molar-refractivity contribution in [3.05, 3.63) is 107 Å². The van der Waals surface area contributed by atoms with E-state index >= 15 is 0 Å². The van der Waals surface area contributed by atoms with Crippen LogP contribution < -0.4 is 14.8 Å². The zero-order valence-corrected chi connectivity index (χ0v) is 21.7. The number of thioether (sulfide) groups is 1. The maximum atomic E-state index is 13.4. The van der Waals surface area contributed by atoms with E-state index in [2.05, 4.69) is 11.9 Å². The molecule has 0 unspecified atom stereocenters. The van der Waals surface area contributed by atoms with Gasteiger partial charge in [0.25, 0.3) is 11.1 Å². The van der Waals surface area contributed by atoms with E-state index in [-0.39, 0.29) is 23.0 Å². The summed E-state index contributed by atoms with van der Waals surface area (Å²) in [4.78, 5) is 38.8. The standard InChI is InChI=1S/C29H24F2N2O5S/c1-3-5-20-12-19(13-24(37-2)27(20)38-17-18-8-10-21(30)11-9-18)14-25-28(35)33(29(36)39-25)16-26(34)32-23-7-4-6-22(31)15-23/h3-4,6-15H,1,5,16-17H2,2H3,(H,32,34)/b25-14+. The number of nitrogens with zero attached hydrogens (tertiary/aromatic N) is 1. The number of ether oxygens (including phenoxy) is 2. The van der Waals surface area contributed by atoms with Crippen LogP contribution >= 0.6 is 11.8 Å². The van der Waals surface area contributed by atoms with Gasteiger partial charge in [0.15, 0.2) is 11.5 Å². The molecule has 0 aliphatic carbocycles. The van der Waals surface area contributed by atoms with E-state index in [0.29, 0.717) is 35.2 Å². The smallest absolute Gasteiger partial charge is 0.294 e. The van der Waals surface area contributed by atoms with Crippen LogP contribution in [-0.4, -0.2) is 35.6 Å². The van der Waals surface area contributed by atoms with E-state index in [1.54, 1.807) is 30.3 Å². The Kier molecular flexibility index (Phi) is 8.77. The molecule has 1 aliphatic rings. The third kappa shape index (κ3) is 6.91. The van der Waals surface area contributed by atoms with Gasteiger partial charge in [-0.1, -0.05) is 24.3 Å². The number of amides is 3. The number of hydrogen-bond donors (Lipinski definition) is 1. The quantitative estimate of drug-likeness (QED) is 0.248. The Morgan fingerprint density at radius 3 is 2.54 bits per heavy atom. The fourth-order valence-corrected chi connectivity index (χ4v) is 4.66. The lowest BCUT2D eigenvalue weighted by atomic mass is 10.0. The first-order valence-electron chi connectivity index (χ1n) is 11.8. The molecule has 0 spiro atoms. The first-order valence-corrected chi connectivity index (χ1v) is 12.6. The number of carbonyl (C=O) groups is 3. The molecule has 3 aromatic rings. The third-order valence-electron chi connectivity index (χ3n) is 5.62. The number of rotatable bonds is 10. The van der Waals surface area contributed by atoms with Gasteiger partial charge in [0.1, 0.15) is 24.8 Å². The Morgan fingerprint density at radius 1 is 1.08 bits per heavy atom. The molecule has 1 fully saturated rings. The van der Waals surface area contributed by atoms with E-state index in [9.17, 15) is 23.2 Å². The first-order chi connectivity index (χ1) is 18.8. The van der Waals surface area contributed by atoms with Crippen molar-refractivity contribution < 1.29 is 32.6 Å². The van der Waals surface area contributed by atoms with Crippen molar-refractivity contribution in [1.29, 1.82) is 0 Å². The van der Waals surface area contributed by atoms with Gasteiger partial charge in [-0.3, -0.25) is 19.3 Å². The molecule has 1 heterocycles. The van der Waals surface area contributed by atoms with E-state index in [1.807, 2.05) is 0 Å². The van der Waals surface area contributed by atoms with Crippen LogP contribution in [0.4, 0.5) is 19.3 Å². The van der Waals surface area contributed by atoms with Gasteiger partial charge >= 0.3 is 0 Å². The van der Waals surface area contributed by atoms with Crippen LogP contribution in [0.5, 0.6) is 11.5 Å². The molecule has 10 heteroatoms. The fourth-order valence-electron chi connectivity index (χ4n) is 3.82. The molecule has 39 heavy (non-hydrogen) atoms. The van der Waals surface area contributed by atoms with Gasteiger partial charge < -0.3 is 14.8 Å². The normalized spacial score (nSPS) is 14.0. The van der Waals surface area contributed by atoms with Crippen LogP contribution in [0, 0.1) is 11.6 Å². The van der Waals surface area contributed by atoms with Crippen LogP contribution in [0.2, 0.25) is 0 Å². The minimum Gasteiger partial charge on any atom is -0.493 e. The summed E-state index contributed by atoms with van der Waals surface area (Å²) >= 11 is 0.709. The summed E-state index contributed by atoms with van der Waals surface area (Å²) in [6.45, 7) is 3.45. The highest BCUT2D eigenvalue weighted by Crippen LogP contribution is 2.37. The Bertz CT molecular complexity index is 1460. The topological polar surface area (TPSA) is 84.9 Å². The highest BCUT2D eigenvalue weighted by atomic mass is 32.2. The minimum absolute atomic E-state index is 0.130. The number of hydrogen-bond acceptors (Lipinski definition) is 6. The van der Waals surface area contributed by atoms with E-state index in [0.717, 1.165) is 22.1 Å². The van der Waals surface area contributed by atoms with Gasteiger partial charge in [0.05, 0.1) is 12.0 Å². The van der Waals surface area contributed by atoms with Crippen molar-refractivity contribution in [1.82, 2.24) is 4.90 Å². The number of carbonyl (C=O) groups excluding carboxylic acids is 3. The van der Waals surface area contributed by atoms with Crippen molar-refractivity contribution >= 4 is 40.6 Å². The summed E-state index contributed by atoms with van der Waals surface area (Å²) in [6.07, 6.45) is 3.65. The van der Waals surface area contributed by atoms with Crippen LogP contribution in [0.25, 0.3) is 6.08 Å². The van der Waals surface area contributed by atoms with Crippen molar-refractivity contribution in [2.45, 2.75) is 13.0 Å². The van der Waals surface area contributed by atoms with Crippen molar-refractivity contribution in [2.24, 2.45) is 0 Å². The Labute approximate surface area is 228 Å². The predicted octanol–water partition coefficient (Wildman–Crippen LogP) is 5.96. The second-order valence-electron chi connectivity index (χ2n) is 8.45. The van der Waals surface area contributed by atoms with Crippen LogP contribution in [0.3, 0.4) is 0 Å². The molecule has 1 N–H and O–H groups in total. The molecule has 0 bridgehead atoms. The molecule has 4 rings (SSSR count). The van der Waals surface area contributed by atoms with Gasteiger partial charge in [0.2, 0.25) is 5.91 Å². The summed E-state index contributed by atoms with van der Waals surface area (Å²) < 4.78 is 38.1. The van der Waals surface area contributed by atoms with E-state index < -0.39 is 29.4 Å². The Balaban J connectivity index is 1.52. The molecule has 0 saturated carbocycles. The molecule has 0 atom stereocenters. The average molecular weight is 551 g/mol. The molecule has 0 radical (unpaired) electrons. The highest BCUT2D eigenvalue weighted by molar-refractivity contribution is 8.18. The number of halogens is 2. The number of imide groups is 1. The number of allylic oxidation sites excluding steroid dienone is 1. The second kappa shape index (κ2) is 12.4. The van der Waals surface area contributed by atoms with E-state index in [4.69, 9.17) is 9.47 Å². The highest BCUT2D eigenvalue weighted by Gasteiger charge is 2.36. The number of benzene rings is 3. The zero-order valence-electron chi connectivity index (χ0n) is 20.9. The fraction of sp³-hybridized carbons (Fsp3) is 0.138. The average Bonchev–Trinajstić information content (AvgIpc) is 3.16. The molecule has 200 valence electrons. The first kappa shape index (κ1) is 27.6. The largest absolute Gasteiger partial charge is 0.493 e. The molecule has 1 saturated heterocycles. The minimum atomic E-state index is -0.637. The van der Waals surface area contributed by atoms with Crippen LogP contribution in [0.1, 0.15) is 16.7 Å². The molecule has 0 aromatic heterocycles. The zero-order chi connectivity index (χ0) is 27.9. The molecule has 7 nitrogen and oxygen atoms in total. The summed E-state index contributed by atoms with van der Waals surface area (Å²) in [5.41, 5.74) is 2.28. The number of anilines is 1. The van der Waals surface area contributed by atoms with Crippen molar-refractivity contribution in [3.8, 4) is 11.5 Å². The second-order valence-corrected chi connectivity index (χ2v) is 9.44. The summed E-state index contributed by atoms with van der Waals surface area (Å²) in [5, 5.41) is 1.87. The summed E-state index contributed by atoms with van der Waals surface area (Å²) in [6, 6.07) is 14.7. The summed E-state index contributed by atoms with van der Waals surface area (Å²) in [5.74, 6) is -1.26. The van der Waals surface area contributed by atoms with Gasteiger partial charge in [-0.2, -0.15) is 0 Å². The summed E-state index contributed by atoms with van der Waals surface area (Å²) in [7, 11) is 1.48. The molecule has 3 aromatic carbocycles. The van der Waals surface area contributed by atoms with Crippen molar-refractivity contribution in [2.75, 3.05) is 19.0 Å². The Morgan fingerprint density at radius 2 is 1.85 bits per heavy atom.